The summed E-state index contributed by atoms with van der Waals surface area (Å²) >= 11 is 0. The molecule has 0 bridgehead atoms. The van der Waals surface area contributed by atoms with E-state index in [2.05, 4.69) is 10.4 Å². The first-order valence-corrected chi connectivity index (χ1v) is 8.45. The molecule has 0 saturated carbocycles. The predicted molar refractivity (Wildman–Crippen MR) is 102 cm³/mol. The number of fused-ring (bicyclic) bond motifs is 1. The molecule has 0 unspecified atom stereocenters. The molecule has 3 aromatic rings. The molecule has 6 heteroatoms. The molecule has 2 aromatic carbocycles. The van der Waals surface area contributed by atoms with Crippen LogP contribution in [0.15, 0.2) is 53.3 Å². The number of hydrogen-bond acceptors (Lipinski definition) is 4. The lowest BCUT2D eigenvalue weighted by Crippen LogP contribution is -2.29. The second-order valence-corrected chi connectivity index (χ2v) is 6.43. The van der Waals surface area contributed by atoms with Crippen molar-refractivity contribution < 1.29 is 9.53 Å². The summed E-state index contributed by atoms with van der Waals surface area (Å²) in [6.45, 7) is 4.44. The molecular formula is C20H21N3O3. The average molecular weight is 351 g/mol. The quantitative estimate of drug-likeness (QED) is 0.765. The van der Waals surface area contributed by atoms with Crippen molar-refractivity contribution in [3.8, 4) is 5.75 Å². The van der Waals surface area contributed by atoms with Crippen molar-refractivity contribution in [1.82, 2.24) is 9.78 Å². The lowest BCUT2D eigenvalue weighted by molar-refractivity contribution is 0.102. The highest BCUT2D eigenvalue weighted by atomic mass is 16.5. The van der Waals surface area contributed by atoms with Crippen molar-refractivity contribution in [2.45, 2.75) is 20.4 Å². The van der Waals surface area contributed by atoms with Crippen LogP contribution in [0, 0.1) is 5.92 Å². The minimum absolute atomic E-state index is 0.192. The first kappa shape index (κ1) is 17.7. The Bertz CT molecular complexity index is 1010. The van der Waals surface area contributed by atoms with Crippen molar-refractivity contribution >= 4 is 22.4 Å². The van der Waals surface area contributed by atoms with E-state index >= 15 is 0 Å². The van der Waals surface area contributed by atoms with Crippen molar-refractivity contribution in [3.63, 3.8) is 0 Å². The van der Waals surface area contributed by atoms with Crippen LogP contribution in [0.4, 0.5) is 5.69 Å². The molecule has 0 aliphatic carbocycles. The number of hydrogen-bond donors (Lipinski definition) is 1. The standard InChI is InChI=1S/C20H21N3O3/c1-13(2)12-23-20(25)15-9-5-4-8-14(15)18(22-23)19(24)21-16-10-6-7-11-17(16)26-3/h4-11,13H,12H2,1-3H3,(H,21,24). The van der Waals surface area contributed by atoms with Crippen LogP contribution >= 0.6 is 0 Å². The molecule has 1 heterocycles. The molecule has 0 radical (unpaired) electrons. The summed E-state index contributed by atoms with van der Waals surface area (Å²) in [7, 11) is 1.54. The number of carbonyl (C=O) groups excluding carboxylic acids is 1. The van der Waals surface area contributed by atoms with E-state index < -0.39 is 0 Å². The first-order chi connectivity index (χ1) is 12.5. The van der Waals surface area contributed by atoms with Crippen LogP contribution < -0.4 is 15.6 Å². The Kier molecular flexibility index (Phi) is 5.02. The van der Waals surface area contributed by atoms with E-state index in [1.165, 1.54) is 4.68 Å². The lowest BCUT2D eigenvalue weighted by Gasteiger charge is -2.13. The number of methoxy groups -OCH3 is 1. The normalized spacial score (nSPS) is 10.9. The summed E-state index contributed by atoms with van der Waals surface area (Å²) in [6.07, 6.45) is 0. The molecule has 1 N–H and O–H groups in total. The largest absolute Gasteiger partial charge is 0.495 e. The Balaban J connectivity index is 2.10. The van der Waals surface area contributed by atoms with E-state index in [1.54, 1.807) is 43.5 Å². The fourth-order valence-corrected chi connectivity index (χ4v) is 2.80. The van der Waals surface area contributed by atoms with Gasteiger partial charge in [0.1, 0.15) is 5.75 Å². The van der Waals surface area contributed by atoms with E-state index in [0.717, 1.165) is 0 Å². The Hall–Kier alpha value is -3.15. The van der Waals surface area contributed by atoms with Crippen molar-refractivity contribution in [3.05, 3.63) is 64.6 Å². The van der Waals surface area contributed by atoms with Gasteiger partial charge in [-0.05, 0) is 24.1 Å². The van der Waals surface area contributed by atoms with E-state index in [1.807, 2.05) is 26.0 Å². The van der Waals surface area contributed by atoms with Gasteiger partial charge in [-0.3, -0.25) is 9.59 Å². The molecule has 0 spiro atoms. The van der Waals surface area contributed by atoms with E-state index in [4.69, 9.17) is 4.74 Å². The average Bonchev–Trinajstić information content (AvgIpc) is 2.64. The summed E-state index contributed by atoms with van der Waals surface area (Å²) in [5, 5.41) is 8.18. The zero-order valence-corrected chi connectivity index (χ0v) is 15.0. The number of aromatic nitrogens is 2. The van der Waals surface area contributed by atoms with Gasteiger partial charge in [-0.1, -0.05) is 44.2 Å². The number of carbonyl (C=O) groups is 1. The number of anilines is 1. The van der Waals surface area contributed by atoms with Crippen molar-refractivity contribution in [2.75, 3.05) is 12.4 Å². The fraction of sp³-hybridized carbons (Fsp3) is 0.250. The number of ether oxygens (including phenoxy) is 1. The molecule has 1 aromatic heterocycles. The fourth-order valence-electron chi connectivity index (χ4n) is 2.80. The van der Waals surface area contributed by atoms with Crippen LogP contribution in [0.2, 0.25) is 0 Å². The zero-order chi connectivity index (χ0) is 18.7. The Labute approximate surface area is 151 Å². The second-order valence-electron chi connectivity index (χ2n) is 6.43. The molecule has 0 atom stereocenters. The SMILES string of the molecule is COc1ccccc1NC(=O)c1nn(CC(C)C)c(=O)c2ccccc12. The molecule has 0 aliphatic rings. The summed E-state index contributed by atoms with van der Waals surface area (Å²) in [5.41, 5.74) is 0.572. The van der Waals surface area contributed by atoms with Crippen LogP contribution in [0.25, 0.3) is 10.8 Å². The Morgan fingerprint density at radius 2 is 1.77 bits per heavy atom. The molecule has 1 amide bonds. The zero-order valence-electron chi connectivity index (χ0n) is 15.0. The van der Waals surface area contributed by atoms with Crippen LogP contribution in [0.5, 0.6) is 5.75 Å². The van der Waals surface area contributed by atoms with Crippen LogP contribution in [-0.2, 0) is 6.54 Å². The van der Waals surface area contributed by atoms with Gasteiger partial charge in [-0.15, -0.1) is 0 Å². The summed E-state index contributed by atoms with van der Waals surface area (Å²) in [5.74, 6) is 0.398. The number of benzene rings is 2. The number of nitrogens with zero attached hydrogens (tertiary/aromatic N) is 2. The maximum Gasteiger partial charge on any atom is 0.276 e. The van der Waals surface area contributed by atoms with Gasteiger partial charge in [0.2, 0.25) is 0 Å². The third-order valence-electron chi connectivity index (χ3n) is 3.98. The van der Waals surface area contributed by atoms with Gasteiger partial charge in [0.25, 0.3) is 11.5 Å². The highest BCUT2D eigenvalue weighted by Gasteiger charge is 2.18. The summed E-state index contributed by atoms with van der Waals surface area (Å²) in [6, 6.07) is 14.2. The van der Waals surface area contributed by atoms with Crippen LogP contribution in [0.3, 0.4) is 0 Å². The maximum absolute atomic E-state index is 12.9. The third-order valence-corrected chi connectivity index (χ3v) is 3.98. The lowest BCUT2D eigenvalue weighted by atomic mass is 10.1. The van der Waals surface area contributed by atoms with Crippen LogP contribution in [0.1, 0.15) is 24.3 Å². The van der Waals surface area contributed by atoms with Crippen molar-refractivity contribution in [2.24, 2.45) is 5.92 Å². The third kappa shape index (κ3) is 3.44. The van der Waals surface area contributed by atoms with E-state index in [-0.39, 0.29) is 23.1 Å². The monoisotopic (exact) mass is 351 g/mol. The molecule has 6 nitrogen and oxygen atoms in total. The summed E-state index contributed by atoms with van der Waals surface area (Å²) < 4.78 is 6.64. The predicted octanol–water partition coefficient (Wildman–Crippen LogP) is 3.31. The van der Waals surface area contributed by atoms with Gasteiger partial charge in [0.15, 0.2) is 5.69 Å². The van der Waals surface area contributed by atoms with E-state index in [0.29, 0.717) is 28.8 Å². The topological polar surface area (TPSA) is 73.2 Å². The molecule has 0 saturated heterocycles. The molecular weight excluding hydrogens is 330 g/mol. The first-order valence-electron chi connectivity index (χ1n) is 8.45. The Morgan fingerprint density at radius 3 is 2.46 bits per heavy atom. The highest BCUT2D eigenvalue weighted by molar-refractivity contribution is 6.11. The molecule has 26 heavy (non-hydrogen) atoms. The van der Waals surface area contributed by atoms with Gasteiger partial charge in [-0.25, -0.2) is 4.68 Å². The second kappa shape index (κ2) is 7.39. The van der Waals surface area contributed by atoms with Crippen molar-refractivity contribution in [1.29, 1.82) is 0 Å². The Morgan fingerprint density at radius 1 is 1.12 bits per heavy atom. The van der Waals surface area contributed by atoms with Gasteiger partial charge in [0, 0.05) is 11.9 Å². The number of para-hydroxylation sites is 2. The minimum atomic E-state index is -0.386. The summed E-state index contributed by atoms with van der Waals surface area (Å²) in [4.78, 5) is 25.5. The maximum atomic E-state index is 12.9. The molecule has 134 valence electrons. The van der Waals surface area contributed by atoms with Gasteiger partial charge < -0.3 is 10.1 Å². The van der Waals surface area contributed by atoms with Gasteiger partial charge in [-0.2, -0.15) is 5.10 Å². The molecule has 0 aliphatic heterocycles. The molecule has 3 rings (SSSR count). The van der Waals surface area contributed by atoms with E-state index in [9.17, 15) is 9.59 Å². The highest BCUT2D eigenvalue weighted by Crippen LogP contribution is 2.24. The van der Waals surface area contributed by atoms with Gasteiger partial charge >= 0.3 is 0 Å². The smallest absolute Gasteiger partial charge is 0.276 e. The molecule has 0 fully saturated rings. The van der Waals surface area contributed by atoms with Crippen LogP contribution in [-0.4, -0.2) is 22.8 Å². The number of amides is 1. The number of nitrogens with one attached hydrogen (secondary N) is 1. The van der Waals surface area contributed by atoms with Gasteiger partial charge in [0.05, 0.1) is 18.2 Å². The number of rotatable bonds is 5. The minimum Gasteiger partial charge on any atom is -0.495 e.